The first kappa shape index (κ1) is 7.97. The van der Waals surface area contributed by atoms with Gasteiger partial charge < -0.3 is 15.2 Å². The Hall–Kier alpha value is -1.13. The number of hydrogen-bond acceptors (Lipinski definition) is 3. The van der Waals surface area contributed by atoms with Gasteiger partial charge in [0.15, 0.2) is 11.9 Å². The van der Waals surface area contributed by atoms with Gasteiger partial charge in [0.25, 0.3) is 0 Å². The van der Waals surface area contributed by atoms with E-state index in [1.165, 1.54) is 0 Å². The molecule has 1 heterocycles. The molecule has 0 aliphatic carbocycles. The van der Waals surface area contributed by atoms with Gasteiger partial charge in [0.05, 0.1) is 5.69 Å². The van der Waals surface area contributed by atoms with E-state index in [2.05, 4.69) is 4.98 Å². The van der Waals surface area contributed by atoms with E-state index in [0.717, 1.165) is 0 Å². The average Bonchev–Trinajstić information content (AvgIpc) is 2.53. The second-order valence-electron chi connectivity index (χ2n) is 2.15. The van der Waals surface area contributed by atoms with Gasteiger partial charge in [-0.25, -0.2) is 0 Å². The molecule has 0 saturated carbocycles. The lowest BCUT2D eigenvalue weighted by molar-refractivity contribution is -0.130. The number of H-pyrrole nitrogens is 1. The molecule has 0 aromatic carbocycles. The van der Waals surface area contributed by atoms with Gasteiger partial charge in [0.1, 0.15) is 6.61 Å². The maximum absolute atomic E-state index is 10.7. The van der Waals surface area contributed by atoms with Crippen LogP contribution in [0.25, 0.3) is 0 Å². The standard InChI is InChI=1S/C7H9NO3/c9-4-6(10)7(11)5-2-1-3-8-5/h1-3,7-9,11H,4H2. The number of carbonyl (C=O) groups is 1. The number of aromatic amines is 1. The van der Waals surface area contributed by atoms with Gasteiger partial charge in [-0.2, -0.15) is 0 Å². The Balaban J connectivity index is 2.70. The minimum Gasteiger partial charge on any atom is -0.388 e. The number of hydrogen-bond donors (Lipinski definition) is 3. The SMILES string of the molecule is O=C(CO)C(O)c1ccc[nH]1. The van der Waals surface area contributed by atoms with Crippen LogP contribution in [0.4, 0.5) is 0 Å². The van der Waals surface area contributed by atoms with Gasteiger partial charge in [-0.1, -0.05) is 0 Å². The fraction of sp³-hybridized carbons (Fsp3) is 0.286. The van der Waals surface area contributed by atoms with E-state index in [0.29, 0.717) is 5.69 Å². The van der Waals surface area contributed by atoms with Crippen molar-refractivity contribution in [1.29, 1.82) is 0 Å². The summed E-state index contributed by atoms with van der Waals surface area (Å²) in [5.41, 5.74) is 0.407. The van der Waals surface area contributed by atoms with Crippen molar-refractivity contribution in [2.75, 3.05) is 6.61 Å². The van der Waals surface area contributed by atoms with Gasteiger partial charge in [0, 0.05) is 6.20 Å². The Labute approximate surface area is 63.5 Å². The molecule has 4 nitrogen and oxygen atoms in total. The Morgan fingerprint density at radius 1 is 1.73 bits per heavy atom. The largest absolute Gasteiger partial charge is 0.388 e. The molecule has 0 aliphatic rings. The summed E-state index contributed by atoms with van der Waals surface area (Å²) in [4.78, 5) is 13.4. The molecular weight excluding hydrogens is 146 g/mol. The average molecular weight is 155 g/mol. The second kappa shape index (κ2) is 3.32. The van der Waals surface area contributed by atoms with Crippen molar-refractivity contribution in [2.24, 2.45) is 0 Å². The lowest BCUT2D eigenvalue weighted by Crippen LogP contribution is -2.15. The van der Waals surface area contributed by atoms with E-state index in [4.69, 9.17) is 10.2 Å². The summed E-state index contributed by atoms with van der Waals surface area (Å²) < 4.78 is 0. The zero-order valence-electron chi connectivity index (χ0n) is 5.82. The van der Waals surface area contributed by atoms with Crippen molar-refractivity contribution in [1.82, 2.24) is 4.98 Å². The molecule has 60 valence electrons. The molecule has 0 saturated heterocycles. The molecule has 1 aromatic rings. The van der Waals surface area contributed by atoms with Crippen LogP contribution in [-0.2, 0) is 4.79 Å². The van der Waals surface area contributed by atoms with Gasteiger partial charge in [0.2, 0.25) is 0 Å². The van der Waals surface area contributed by atoms with Gasteiger partial charge in [-0.15, -0.1) is 0 Å². The highest BCUT2D eigenvalue weighted by Gasteiger charge is 2.15. The van der Waals surface area contributed by atoms with Crippen LogP contribution in [0.3, 0.4) is 0 Å². The molecule has 0 radical (unpaired) electrons. The number of aromatic nitrogens is 1. The number of rotatable bonds is 3. The van der Waals surface area contributed by atoms with Gasteiger partial charge in [-0.05, 0) is 12.1 Å². The van der Waals surface area contributed by atoms with E-state index >= 15 is 0 Å². The third-order valence-corrected chi connectivity index (χ3v) is 1.38. The second-order valence-corrected chi connectivity index (χ2v) is 2.15. The smallest absolute Gasteiger partial charge is 0.192 e. The molecular formula is C7H9NO3. The maximum atomic E-state index is 10.7. The van der Waals surface area contributed by atoms with E-state index in [9.17, 15) is 4.79 Å². The first-order valence-electron chi connectivity index (χ1n) is 3.20. The molecule has 11 heavy (non-hydrogen) atoms. The van der Waals surface area contributed by atoms with Crippen LogP contribution in [0.1, 0.15) is 11.8 Å². The van der Waals surface area contributed by atoms with Crippen LogP contribution in [0.2, 0.25) is 0 Å². The van der Waals surface area contributed by atoms with E-state index < -0.39 is 18.5 Å². The Morgan fingerprint density at radius 3 is 2.91 bits per heavy atom. The molecule has 1 atom stereocenters. The van der Waals surface area contributed by atoms with Crippen molar-refractivity contribution >= 4 is 5.78 Å². The van der Waals surface area contributed by atoms with Gasteiger partial charge >= 0.3 is 0 Å². The Kier molecular flexibility index (Phi) is 2.40. The highest BCUT2D eigenvalue weighted by Crippen LogP contribution is 2.09. The van der Waals surface area contributed by atoms with Crippen LogP contribution >= 0.6 is 0 Å². The quantitative estimate of drug-likeness (QED) is 0.556. The molecule has 0 aliphatic heterocycles. The fourth-order valence-electron chi connectivity index (χ4n) is 0.774. The molecule has 4 heteroatoms. The van der Waals surface area contributed by atoms with Crippen molar-refractivity contribution in [3.05, 3.63) is 24.0 Å². The molecule has 1 rings (SSSR count). The third kappa shape index (κ3) is 1.66. The summed E-state index contributed by atoms with van der Waals surface area (Å²) in [5, 5.41) is 17.5. The van der Waals surface area contributed by atoms with E-state index in [1.54, 1.807) is 18.3 Å². The molecule has 3 N–H and O–H groups in total. The number of ketones is 1. The molecule has 0 bridgehead atoms. The van der Waals surface area contributed by atoms with Crippen LogP contribution in [0, 0.1) is 0 Å². The molecule has 1 aromatic heterocycles. The number of aliphatic hydroxyl groups is 2. The van der Waals surface area contributed by atoms with Crippen molar-refractivity contribution in [3.63, 3.8) is 0 Å². The molecule has 0 spiro atoms. The molecule has 1 unspecified atom stereocenters. The van der Waals surface area contributed by atoms with E-state index in [1.807, 2.05) is 0 Å². The lowest BCUT2D eigenvalue weighted by atomic mass is 10.2. The molecule has 0 fully saturated rings. The first-order valence-corrected chi connectivity index (χ1v) is 3.20. The van der Waals surface area contributed by atoms with Crippen LogP contribution in [0.15, 0.2) is 18.3 Å². The highest BCUT2D eigenvalue weighted by atomic mass is 16.3. The van der Waals surface area contributed by atoms with Gasteiger partial charge in [-0.3, -0.25) is 4.79 Å². The normalized spacial score (nSPS) is 12.9. The number of Topliss-reactive ketones (excluding diaryl/α,β-unsaturated/α-hetero) is 1. The number of carbonyl (C=O) groups excluding carboxylic acids is 1. The summed E-state index contributed by atoms with van der Waals surface area (Å²) >= 11 is 0. The van der Waals surface area contributed by atoms with E-state index in [-0.39, 0.29) is 0 Å². The van der Waals surface area contributed by atoms with Crippen molar-refractivity contribution in [2.45, 2.75) is 6.10 Å². The third-order valence-electron chi connectivity index (χ3n) is 1.38. The summed E-state index contributed by atoms with van der Waals surface area (Å²) in [7, 11) is 0. The van der Waals surface area contributed by atoms with Crippen LogP contribution < -0.4 is 0 Å². The minimum absolute atomic E-state index is 0.407. The van der Waals surface area contributed by atoms with Crippen molar-refractivity contribution in [3.8, 4) is 0 Å². The Morgan fingerprint density at radius 2 is 2.45 bits per heavy atom. The zero-order valence-corrected chi connectivity index (χ0v) is 5.82. The predicted octanol–water partition coefficient (Wildman–Crippen LogP) is -0.391. The maximum Gasteiger partial charge on any atom is 0.192 e. The first-order chi connectivity index (χ1) is 5.25. The lowest BCUT2D eigenvalue weighted by Gasteiger charge is -2.03. The fourth-order valence-corrected chi connectivity index (χ4v) is 0.774. The number of nitrogens with one attached hydrogen (secondary N) is 1. The summed E-state index contributed by atoms with van der Waals surface area (Å²) in [6.07, 6.45) is 0.374. The van der Waals surface area contributed by atoms with Crippen LogP contribution in [0.5, 0.6) is 0 Å². The highest BCUT2D eigenvalue weighted by molar-refractivity contribution is 5.84. The zero-order chi connectivity index (χ0) is 8.27. The Bertz CT molecular complexity index is 230. The minimum atomic E-state index is -1.23. The predicted molar refractivity (Wildman–Crippen MR) is 37.8 cm³/mol. The number of aliphatic hydroxyl groups excluding tert-OH is 2. The molecule has 0 amide bonds. The van der Waals surface area contributed by atoms with Crippen LogP contribution in [-0.4, -0.2) is 27.6 Å². The summed E-state index contributed by atoms with van der Waals surface area (Å²) in [6, 6.07) is 3.25. The summed E-state index contributed by atoms with van der Waals surface area (Å²) in [5.74, 6) is -0.604. The summed E-state index contributed by atoms with van der Waals surface area (Å²) in [6.45, 7) is -0.639. The van der Waals surface area contributed by atoms with Crippen molar-refractivity contribution < 1.29 is 15.0 Å². The topological polar surface area (TPSA) is 73.3 Å². The monoisotopic (exact) mass is 155 g/mol.